The maximum absolute atomic E-state index is 12.5. The largest absolute Gasteiger partial charge is 0.441 e. The topological polar surface area (TPSA) is 101 Å². The van der Waals surface area contributed by atoms with E-state index in [1.807, 2.05) is 12.1 Å². The molecule has 7 nitrogen and oxygen atoms in total. The van der Waals surface area contributed by atoms with Crippen LogP contribution in [-0.2, 0) is 11.2 Å². The normalized spacial score (nSPS) is 11.3. The number of carbonyl (C=O) groups is 1. The van der Waals surface area contributed by atoms with E-state index >= 15 is 0 Å². The third-order valence-electron chi connectivity index (χ3n) is 4.75. The monoisotopic (exact) mass is 391 g/mol. The lowest BCUT2D eigenvalue weighted by Gasteiger charge is -2.04. The summed E-state index contributed by atoms with van der Waals surface area (Å²) in [6.07, 6.45) is 0.0827. The first-order valence-corrected chi connectivity index (χ1v) is 9.38. The van der Waals surface area contributed by atoms with Crippen molar-refractivity contribution in [2.24, 2.45) is 0 Å². The minimum atomic E-state index is -0.532. The van der Waals surface area contributed by atoms with Gasteiger partial charge in [-0.2, -0.15) is 0 Å². The van der Waals surface area contributed by atoms with Crippen LogP contribution in [0.5, 0.6) is 0 Å². The molecule has 0 saturated heterocycles. The molecular weight excluding hydrogens is 370 g/mol. The summed E-state index contributed by atoms with van der Waals surface area (Å²) in [5.41, 5.74) is 4.23. The Labute approximate surface area is 166 Å². The van der Waals surface area contributed by atoms with Gasteiger partial charge < -0.3 is 14.2 Å². The molecule has 0 fully saturated rings. The molecule has 2 aromatic heterocycles. The number of hydrogen-bond donors (Lipinski definition) is 2. The van der Waals surface area contributed by atoms with Crippen molar-refractivity contribution in [3.63, 3.8) is 0 Å². The zero-order valence-electron chi connectivity index (χ0n) is 16.4. The van der Waals surface area contributed by atoms with Gasteiger partial charge in [0.15, 0.2) is 5.58 Å². The SMILES string of the molecule is Cc1oc(-c2ccc(C(C)C)cc2)nc1CC(=O)Nc1ccc2oc(=O)[nH]c2c1. The Bertz CT molecular complexity index is 1230. The maximum atomic E-state index is 12.5. The molecule has 0 spiro atoms. The van der Waals surface area contributed by atoms with E-state index in [-0.39, 0.29) is 12.3 Å². The molecular formula is C22H21N3O4. The highest BCUT2D eigenvalue weighted by Gasteiger charge is 2.15. The van der Waals surface area contributed by atoms with Crippen molar-refractivity contribution in [3.05, 3.63) is 70.0 Å². The van der Waals surface area contributed by atoms with Crippen LogP contribution in [0, 0.1) is 6.92 Å². The molecule has 1 amide bonds. The van der Waals surface area contributed by atoms with Crippen LogP contribution >= 0.6 is 0 Å². The number of aryl methyl sites for hydroxylation is 1. The number of aromatic nitrogens is 2. The van der Waals surface area contributed by atoms with E-state index < -0.39 is 5.76 Å². The standard InChI is InChI=1S/C22H21N3O4/c1-12(2)14-4-6-15(7-5-14)21-24-17(13(3)28-21)11-20(26)23-16-8-9-19-18(10-16)25-22(27)29-19/h4-10,12H,11H2,1-3H3,(H,23,26)(H,25,27). The van der Waals surface area contributed by atoms with Crippen LogP contribution in [0.3, 0.4) is 0 Å². The van der Waals surface area contributed by atoms with E-state index in [4.69, 9.17) is 8.83 Å². The fourth-order valence-electron chi connectivity index (χ4n) is 3.11. The zero-order valence-corrected chi connectivity index (χ0v) is 16.4. The fourth-order valence-corrected chi connectivity index (χ4v) is 3.11. The van der Waals surface area contributed by atoms with Gasteiger partial charge >= 0.3 is 5.76 Å². The minimum absolute atomic E-state index is 0.0827. The van der Waals surface area contributed by atoms with E-state index in [1.54, 1.807) is 25.1 Å². The summed E-state index contributed by atoms with van der Waals surface area (Å²) in [6.45, 7) is 6.08. The highest BCUT2D eigenvalue weighted by molar-refractivity contribution is 5.94. The Morgan fingerprint density at radius 1 is 1.14 bits per heavy atom. The van der Waals surface area contributed by atoms with Gasteiger partial charge in [0.1, 0.15) is 5.76 Å². The molecule has 4 aromatic rings. The summed E-state index contributed by atoms with van der Waals surface area (Å²) >= 11 is 0. The van der Waals surface area contributed by atoms with Gasteiger partial charge in [-0.25, -0.2) is 9.78 Å². The molecule has 2 N–H and O–H groups in total. The lowest BCUT2D eigenvalue weighted by Crippen LogP contribution is -2.15. The summed E-state index contributed by atoms with van der Waals surface area (Å²) in [5.74, 6) is 0.799. The Hall–Kier alpha value is -3.61. The number of aromatic amines is 1. The van der Waals surface area contributed by atoms with Crippen molar-refractivity contribution in [2.75, 3.05) is 5.32 Å². The lowest BCUT2D eigenvalue weighted by atomic mass is 10.0. The van der Waals surface area contributed by atoms with Crippen molar-refractivity contribution < 1.29 is 13.6 Å². The molecule has 0 saturated carbocycles. The first-order valence-electron chi connectivity index (χ1n) is 9.38. The average molecular weight is 391 g/mol. The van der Waals surface area contributed by atoms with Gasteiger partial charge in [0.25, 0.3) is 0 Å². The molecule has 0 unspecified atom stereocenters. The molecule has 148 valence electrons. The molecule has 2 heterocycles. The number of fused-ring (bicyclic) bond motifs is 1. The number of benzene rings is 2. The number of nitrogens with one attached hydrogen (secondary N) is 2. The molecule has 0 bridgehead atoms. The van der Waals surface area contributed by atoms with E-state index in [0.717, 1.165) is 5.56 Å². The summed E-state index contributed by atoms with van der Waals surface area (Å²) in [4.78, 5) is 30.8. The van der Waals surface area contributed by atoms with Crippen molar-refractivity contribution in [1.82, 2.24) is 9.97 Å². The maximum Gasteiger partial charge on any atom is 0.417 e. The number of amides is 1. The molecule has 0 aliphatic carbocycles. The predicted molar refractivity (Wildman–Crippen MR) is 110 cm³/mol. The van der Waals surface area contributed by atoms with Gasteiger partial charge in [-0.3, -0.25) is 9.78 Å². The quantitative estimate of drug-likeness (QED) is 0.525. The highest BCUT2D eigenvalue weighted by atomic mass is 16.4. The number of rotatable bonds is 5. The summed E-state index contributed by atoms with van der Waals surface area (Å²) in [5, 5.41) is 2.80. The van der Waals surface area contributed by atoms with Gasteiger partial charge in [-0.05, 0) is 48.7 Å². The molecule has 2 aromatic carbocycles. The summed E-state index contributed by atoms with van der Waals surface area (Å²) < 4.78 is 10.7. The van der Waals surface area contributed by atoms with Crippen molar-refractivity contribution in [1.29, 1.82) is 0 Å². The number of anilines is 1. The Morgan fingerprint density at radius 2 is 1.90 bits per heavy atom. The number of nitrogens with zero attached hydrogens (tertiary/aromatic N) is 1. The van der Waals surface area contributed by atoms with E-state index in [1.165, 1.54) is 5.56 Å². The van der Waals surface area contributed by atoms with Crippen molar-refractivity contribution in [3.8, 4) is 11.5 Å². The molecule has 29 heavy (non-hydrogen) atoms. The third-order valence-corrected chi connectivity index (χ3v) is 4.75. The van der Waals surface area contributed by atoms with Gasteiger partial charge in [0.05, 0.1) is 17.6 Å². The van der Waals surface area contributed by atoms with Crippen LogP contribution < -0.4 is 11.1 Å². The minimum Gasteiger partial charge on any atom is -0.441 e. The molecule has 0 radical (unpaired) electrons. The molecule has 4 rings (SSSR count). The van der Waals surface area contributed by atoms with E-state index in [0.29, 0.717) is 40.0 Å². The smallest absolute Gasteiger partial charge is 0.417 e. The van der Waals surface area contributed by atoms with Crippen molar-refractivity contribution in [2.45, 2.75) is 33.1 Å². The second kappa shape index (κ2) is 7.43. The van der Waals surface area contributed by atoms with E-state index in [2.05, 4.69) is 41.3 Å². The molecule has 0 aliphatic rings. The summed E-state index contributed by atoms with van der Waals surface area (Å²) in [6, 6.07) is 13.0. The number of hydrogen-bond acceptors (Lipinski definition) is 5. The van der Waals surface area contributed by atoms with Gasteiger partial charge in [0, 0.05) is 11.3 Å². The first-order chi connectivity index (χ1) is 13.9. The molecule has 0 aliphatic heterocycles. The van der Waals surface area contributed by atoms with Crippen LogP contribution in [0.2, 0.25) is 0 Å². The Morgan fingerprint density at radius 3 is 2.62 bits per heavy atom. The second-order valence-electron chi connectivity index (χ2n) is 7.25. The fraction of sp³-hybridized carbons (Fsp3) is 0.227. The number of carbonyl (C=O) groups excluding carboxylic acids is 1. The van der Waals surface area contributed by atoms with Gasteiger partial charge in [0.2, 0.25) is 11.8 Å². The number of H-pyrrole nitrogens is 1. The lowest BCUT2D eigenvalue weighted by molar-refractivity contribution is -0.115. The Kier molecular flexibility index (Phi) is 4.80. The van der Waals surface area contributed by atoms with Crippen LogP contribution in [0.25, 0.3) is 22.6 Å². The predicted octanol–water partition coefficient (Wildman–Crippen LogP) is 4.39. The highest BCUT2D eigenvalue weighted by Crippen LogP contribution is 2.25. The second-order valence-corrected chi connectivity index (χ2v) is 7.25. The average Bonchev–Trinajstić information content (AvgIpc) is 3.23. The van der Waals surface area contributed by atoms with Crippen LogP contribution in [-0.4, -0.2) is 15.9 Å². The summed E-state index contributed by atoms with van der Waals surface area (Å²) in [7, 11) is 0. The first kappa shape index (κ1) is 18.7. The third kappa shape index (κ3) is 3.99. The van der Waals surface area contributed by atoms with Gasteiger partial charge in [-0.1, -0.05) is 26.0 Å². The van der Waals surface area contributed by atoms with Crippen LogP contribution in [0.15, 0.2) is 56.1 Å². The van der Waals surface area contributed by atoms with Crippen LogP contribution in [0.1, 0.15) is 36.8 Å². The Balaban J connectivity index is 1.48. The van der Waals surface area contributed by atoms with Gasteiger partial charge in [-0.15, -0.1) is 0 Å². The zero-order chi connectivity index (χ0) is 20.5. The molecule has 7 heteroatoms. The molecule has 0 atom stereocenters. The van der Waals surface area contributed by atoms with Crippen LogP contribution in [0.4, 0.5) is 5.69 Å². The van der Waals surface area contributed by atoms with Crippen molar-refractivity contribution >= 4 is 22.7 Å². The van der Waals surface area contributed by atoms with E-state index in [9.17, 15) is 9.59 Å². The number of oxazole rings is 2.